The molecule has 0 aliphatic rings. The lowest BCUT2D eigenvalue weighted by atomic mass is 10.4. The van der Waals surface area contributed by atoms with Crippen molar-refractivity contribution in [2.75, 3.05) is 13.2 Å². The van der Waals surface area contributed by atoms with Crippen molar-refractivity contribution in [2.24, 2.45) is 0 Å². The molecule has 0 aliphatic heterocycles. The molecule has 2 heterocycles. The van der Waals surface area contributed by atoms with E-state index in [-0.39, 0.29) is 18.9 Å². The van der Waals surface area contributed by atoms with Gasteiger partial charge in [-0.25, -0.2) is 0 Å². The van der Waals surface area contributed by atoms with Crippen LogP contribution in [0, 0.1) is 0 Å². The second-order valence-electron chi connectivity index (χ2n) is 3.76. The zero-order valence-corrected chi connectivity index (χ0v) is 9.93. The summed E-state index contributed by atoms with van der Waals surface area (Å²) in [6.45, 7) is -0.578. The minimum absolute atomic E-state index is 0.0327. The summed E-state index contributed by atoms with van der Waals surface area (Å²) in [6.07, 6.45) is 0.505. The minimum Gasteiger partial charge on any atom is -0.461 e. The fraction of sp³-hybridized carbons (Fsp3) is 0.400. The maximum absolute atomic E-state index is 11.5. The van der Waals surface area contributed by atoms with Crippen LogP contribution in [0.3, 0.4) is 0 Å². The molecule has 102 valence electrons. The molecule has 0 aliphatic carbocycles. The molecule has 3 N–H and O–H groups in total. The molecule has 1 unspecified atom stereocenters. The summed E-state index contributed by atoms with van der Waals surface area (Å²) < 4.78 is 5.09. The number of aliphatic hydroxyl groups is 2. The first-order valence-corrected chi connectivity index (χ1v) is 5.56. The van der Waals surface area contributed by atoms with Crippen molar-refractivity contribution >= 4 is 5.91 Å². The van der Waals surface area contributed by atoms with E-state index in [0.717, 1.165) is 4.80 Å². The molecule has 2 aromatic rings. The van der Waals surface area contributed by atoms with Crippen molar-refractivity contribution in [1.29, 1.82) is 0 Å². The normalized spacial score (nSPS) is 12.3. The van der Waals surface area contributed by atoms with Gasteiger partial charge >= 0.3 is 0 Å². The first-order valence-electron chi connectivity index (χ1n) is 5.56. The Hall–Kier alpha value is -2.26. The Balaban J connectivity index is 1.88. The maximum Gasteiger partial charge on any atom is 0.243 e. The fourth-order valence-electron chi connectivity index (χ4n) is 1.30. The Labute approximate surface area is 107 Å². The molecular formula is C10H13N5O4. The van der Waals surface area contributed by atoms with E-state index in [4.69, 9.17) is 14.6 Å². The molecule has 0 saturated heterocycles. The van der Waals surface area contributed by atoms with Crippen molar-refractivity contribution in [3.63, 3.8) is 0 Å². The van der Waals surface area contributed by atoms with Gasteiger partial charge in [0, 0.05) is 6.54 Å². The number of aromatic nitrogens is 4. The van der Waals surface area contributed by atoms with Crippen LogP contribution in [0.15, 0.2) is 22.8 Å². The Kier molecular flexibility index (Phi) is 4.21. The minimum atomic E-state index is -0.980. The second-order valence-corrected chi connectivity index (χ2v) is 3.76. The standard InChI is InChI=1S/C10H13N5O4/c16-6-7(17)4-11-9(18)5-15-13-10(12-14-15)8-2-1-3-19-8/h1-3,7,16-17H,4-6H2,(H,11,18). The van der Waals surface area contributed by atoms with Crippen LogP contribution in [0.5, 0.6) is 0 Å². The van der Waals surface area contributed by atoms with Crippen LogP contribution in [0.1, 0.15) is 0 Å². The summed E-state index contributed by atoms with van der Waals surface area (Å²) >= 11 is 0. The molecule has 0 bridgehead atoms. The van der Waals surface area contributed by atoms with E-state index < -0.39 is 18.6 Å². The van der Waals surface area contributed by atoms with Crippen LogP contribution in [0.4, 0.5) is 0 Å². The average molecular weight is 267 g/mol. The summed E-state index contributed by atoms with van der Waals surface area (Å²) in [5.74, 6) is 0.353. The first-order chi connectivity index (χ1) is 9.19. The number of rotatable bonds is 6. The molecule has 0 aromatic carbocycles. The third-order valence-electron chi connectivity index (χ3n) is 2.23. The van der Waals surface area contributed by atoms with Gasteiger partial charge in [0.2, 0.25) is 11.7 Å². The van der Waals surface area contributed by atoms with Crippen molar-refractivity contribution in [3.05, 3.63) is 18.4 Å². The molecule has 2 rings (SSSR count). The van der Waals surface area contributed by atoms with Gasteiger partial charge in [0.05, 0.1) is 19.0 Å². The highest BCUT2D eigenvalue weighted by Crippen LogP contribution is 2.12. The predicted octanol–water partition coefficient (Wildman–Crippen LogP) is -1.60. The van der Waals surface area contributed by atoms with E-state index >= 15 is 0 Å². The lowest BCUT2D eigenvalue weighted by Gasteiger charge is -2.07. The van der Waals surface area contributed by atoms with E-state index in [1.54, 1.807) is 12.1 Å². The number of carbonyl (C=O) groups is 1. The van der Waals surface area contributed by atoms with Gasteiger partial charge in [-0.15, -0.1) is 10.2 Å². The molecule has 0 radical (unpaired) electrons. The molecule has 2 aromatic heterocycles. The number of hydrogen-bond donors (Lipinski definition) is 3. The van der Waals surface area contributed by atoms with Crippen LogP contribution < -0.4 is 5.32 Å². The zero-order valence-electron chi connectivity index (χ0n) is 9.93. The van der Waals surface area contributed by atoms with Crippen molar-refractivity contribution in [2.45, 2.75) is 12.6 Å². The number of carbonyl (C=O) groups excluding carboxylic acids is 1. The van der Waals surface area contributed by atoms with E-state index in [1.807, 2.05) is 0 Å². The zero-order chi connectivity index (χ0) is 13.7. The van der Waals surface area contributed by atoms with Gasteiger partial charge in [0.25, 0.3) is 0 Å². The molecule has 19 heavy (non-hydrogen) atoms. The molecule has 0 fully saturated rings. The molecular weight excluding hydrogens is 254 g/mol. The summed E-state index contributed by atoms with van der Waals surface area (Å²) in [6, 6.07) is 3.37. The Bertz CT molecular complexity index is 524. The van der Waals surface area contributed by atoms with Gasteiger partial charge in [-0.3, -0.25) is 4.79 Å². The molecule has 9 heteroatoms. The average Bonchev–Trinajstić information content (AvgIpc) is 3.06. The Morgan fingerprint density at radius 3 is 3.11 bits per heavy atom. The van der Waals surface area contributed by atoms with E-state index in [0.29, 0.717) is 5.76 Å². The molecule has 0 saturated carbocycles. The van der Waals surface area contributed by atoms with Gasteiger partial charge in [0.15, 0.2) is 5.76 Å². The Morgan fingerprint density at radius 1 is 1.58 bits per heavy atom. The highest BCUT2D eigenvalue weighted by atomic mass is 16.3. The lowest BCUT2D eigenvalue weighted by molar-refractivity contribution is -0.122. The molecule has 9 nitrogen and oxygen atoms in total. The lowest BCUT2D eigenvalue weighted by Crippen LogP contribution is -2.36. The van der Waals surface area contributed by atoms with Gasteiger partial charge in [-0.05, 0) is 17.3 Å². The van der Waals surface area contributed by atoms with Crippen LogP contribution in [-0.4, -0.2) is 55.6 Å². The fourth-order valence-corrected chi connectivity index (χ4v) is 1.30. The maximum atomic E-state index is 11.5. The number of nitrogens with one attached hydrogen (secondary N) is 1. The number of aliphatic hydroxyl groups excluding tert-OH is 2. The highest BCUT2D eigenvalue weighted by Gasteiger charge is 2.11. The van der Waals surface area contributed by atoms with Gasteiger partial charge in [0.1, 0.15) is 6.54 Å². The third-order valence-corrected chi connectivity index (χ3v) is 2.23. The monoisotopic (exact) mass is 267 g/mol. The van der Waals surface area contributed by atoms with Gasteiger partial charge < -0.3 is 19.9 Å². The molecule has 1 amide bonds. The second kappa shape index (κ2) is 6.07. The van der Waals surface area contributed by atoms with E-state index in [2.05, 4.69) is 20.7 Å². The topological polar surface area (TPSA) is 126 Å². The quantitative estimate of drug-likeness (QED) is 0.575. The number of nitrogens with zero attached hydrogens (tertiary/aromatic N) is 4. The van der Waals surface area contributed by atoms with Crippen molar-refractivity contribution in [3.8, 4) is 11.6 Å². The highest BCUT2D eigenvalue weighted by molar-refractivity contribution is 5.75. The number of tetrazole rings is 1. The molecule has 0 spiro atoms. The van der Waals surface area contributed by atoms with Crippen LogP contribution in [0.25, 0.3) is 11.6 Å². The van der Waals surface area contributed by atoms with Gasteiger partial charge in [-0.1, -0.05) is 0 Å². The van der Waals surface area contributed by atoms with Gasteiger partial charge in [-0.2, -0.15) is 4.80 Å². The van der Waals surface area contributed by atoms with Crippen LogP contribution in [-0.2, 0) is 11.3 Å². The van der Waals surface area contributed by atoms with E-state index in [9.17, 15) is 4.79 Å². The summed E-state index contributed by atoms with van der Waals surface area (Å²) in [5, 5.41) is 31.5. The summed E-state index contributed by atoms with van der Waals surface area (Å²) in [4.78, 5) is 12.6. The smallest absolute Gasteiger partial charge is 0.243 e. The largest absolute Gasteiger partial charge is 0.461 e. The van der Waals surface area contributed by atoms with Crippen LogP contribution >= 0.6 is 0 Å². The Morgan fingerprint density at radius 2 is 2.42 bits per heavy atom. The summed E-state index contributed by atoms with van der Waals surface area (Å²) in [7, 11) is 0. The SMILES string of the molecule is O=C(Cn1nnc(-c2ccco2)n1)NCC(O)CO. The summed E-state index contributed by atoms with van der Waals surface area (Å²) in [5.41, 5.74) is 0. The number of furan rings is 1. The number of hydrogen-bond acceptors (Lipinski definition) is 7. The van der Waals surface area contributed by atoms with Crippen molar-refractivity contribution in [1.82, 2.24) is 25.5 Å². The van der Waals surface area contributed by atoms with E-state index in [1.165, 1.54) is 6.26 Å². The first kappa shape index (κ1) is 13.2. The number of amides is 1. The predicted molar refractivity (Wildman–Crippen MR) is 61.6 cm³/mol. The van der Waals surface area contributed by atoms with Crippen molar-refractivity contribution < 1.29 is 19.4 Å². The van der Waals surface area contributed by atoms with Crippen LogP contribution in [0.2, 0.25) is 0 Å². The molecule has 1 atom stereocenters. The third kappa shape index (κ3) is 3.60.